The molecule has 0 aliphatic carbocycles. The predicted molar refractivity (Wildman–Crippen MR) is 106 cm³/mol. The first-order chi connectivity index (χ1) is 13.6. The number of benzene rings is 2. The number of amides is 2. The number of nitrogens with zero attached hydrogens (tertiary/aromatic N) is 3. The second-order valence-corrected chi connectivity index (χ2v) is 6.79. The maximum Gasteiger partial charge on any atom is 0.261 e. The molecule has 2 heterocycles. The molecule has 1 unspecified atom stereocenters. The minimum atomic E-state index is -0.390. The Morgan fingerprint density at radius 3 is 2.64 bits per heavy atom. The lowest BCUT2D eigenvalue weighted by Gasteiger charge is -2.16. The van der Waals surface area contributed by atoms with E-state index in [0.717, 1.165) is 5.69 Å². The van der Waals surface area contributed by atoms with E-state index in [-0.39, 0.29) is 29.7 Å². The molecule has 2 aromatic carbocycles. The number of anilines is 1. The maximum atomic E-state index is 12.5. The van der Waals surface area contributed by atoms with E-state index in [1.807, 2.05) is 36.4 Å². The zero-order valence-corrected chi connectivity index (χ0v) is 15.2. The van der Waals surface area contributed by atoms with Crippen LogP contribution in [0, 0.1) is 5.92 Å². The molecule has 0 radical (unpaired) electrons. The number of hydrogen-bond donors (Lipinski definition) is 1. The first kappa shape index (κ1) is 17.9. The van der Waals surface area contributed by atoms with E-state index >= 15 is 0 Å². The van der Waals surface area contributed by atoms with Crippen LogP contribution in [0.4, 0.5) is 5.69 Å². The number of fused-ring (bicyclic) bond motifs is 1. The van der Waals surface area contributed by atoms with Gasteiger partial charge in [0.05, 0.1) is 23.1 Å². The molecule has 4 rings (SSSR count). The van der Waals surface area contributed by atoms with E-state index < -0.39 is 0 Å². The molecule has 7 heteroatoms. The summed E-state index contributed by atoms with van der Waals surface area (Å²) < 4.78 is 1.48. The number of hydrogen-bond acceptors (Lipinski definition) is 4. The third kappa shape index (κ3) is 3.51. The Balaban J connectivity index is 1.36. The maximum absolute atomic E-state index is 12.5. The summed E-state index contributed by atoms with van der Waals surface area (Å²) in [5.74, 6) is -0.617. The van der Waals surface area contributed by atoms with E-state index in [9.17, 15) is 14.4 Å². The van der Waals surface area contributed by atoms with E-state index in [2.05, 4.69) is 10.3 Å². The highest BCUT2D eigenvalue weighted by Gasteiger charge is 2.34. The molecule has 1 atom stereocenters. The summed E-state index contributed by atoms with van der Waals surface area (Å²) in [5.41, 5.74) is 1.32. The molecule has 7 nitrogen and oxygen atoms in total. The lowest BCUT2D eigenvalue weighted by Crippen LogP contribution is -2.36. The molecule has 1 N–H and O–H groups in total. The molecular formula is C21H20N4O3. The molecule has 0 spiro atoms. The van der Waals surface area contributed by atoms with Crippen LogP contribution in [0.1, 0.15) is 6.42 Å². The Kier molecular flexibility index (Phi) is 4.89. The quantitative estimate of drug-likeness (QED) is 0.733. The van der Waals surface area contributed by atoms with Crippen molar-refractivity contribution < 1.29 is 9.59 Å². The SMILES string of the molecule is O=C(NCCn1cnc2ccccc2c1=O)C1CC(=O)N(c2ccccc2)C1. The van der Waals surface area contributed by atoms with Crippen molar-refractivity contribution in [3.8, 4) is 0 Å². The number of carbonyl (C=O) groups excluding carboxylic acids is 2. The van der Waals surface area contributed by atoms with Crippen LogP contribution in [0.3, 0.4) is 0 Å². The largest absolute Gasteiger partial charge is 0.354 e. The molecule has 1 aromatic heterocycles. The average Bonchev–Trinajstić information content (AvgIpc) is 3.12. The highest BCUT2D eigenvalue weighted by atomic mass is 16.2. The second-order valence-electron chi connectivity index (χ2n) is 6.79. The zero-order valence-electron chi connectivity index (χ0n) is 15.2. The summed E-state index contributed by atoms with van der Waals surface area (Å²) in [5, 5.41) is 3.39. The van der Waals surface area contributed by atoms with Crippen molar-refractivity contribution in [2.45, 2.75) is 13.0 Å². The Morgan fingerprint density at radius 2 is 1.82 bits per heavy atom. The first-order valence-corrected chi connectivity index (χ1v) is 9.21. The van der Waals surface area contributed by atoms with Gasteiger partial charge in [0.2, 0.25) is 11.8 Å². The van der Waals surface area contributed by atoms with Gasteiger partial charge in [-0.1, -0.05) is 30.3 Å². The number of rotatable bonds is 5. The van der Waals surface area contributed by atoms with Crippen molar-refractivity contribution in [1.82, 2.24) is 14.9 Å². The normalized spacial score (nSPS) is 16.5. The Bertz CT molecular complexity index is 1080. The van der Waals surface area contributed by atoms with E-state index in [1.54, 1.807) is 23.1 Å². The zero-order chi connectivity index (χ0) is 19.5. The fourth-order valence-corrected chi connectivity index (χ4v) is 3.45. The van der Waals surface area contributed by atoms with E-state index in [4.69, 9.17) is 0 Å². The summed E-state index contributed by atoms with van der Waals surface area (Å²) in [6, 6.07) is 16.5. The van der Waals surface area contributed by atoms with Gasteiger partial charge in [-0.25, -0.2) is 4.98 Å². The molecule has 1 fully saturated rings. The van der Waals surface area contributed by atoms with Crippen LogP contribution < -0.4 is 15.8 Å². The Labute approximate surface area is 161 Å². The molecule has 1 saturated heterocycles. The van der Waals surface area contributed by atoms with Gasteiger partial charge in [-0.05, 0) is 24.3 Å². The van der Waals surface area contributed by atoms with Crippen LogP contribution in [0.5, 0.6) is 0 Å². The molecular weight excluding hydrogens is 356 g/mol. The number of carbonyl (C=O) groups is 2. The van der Waals surface area contributed by atoms with Crippen LogP contribution >= 0.6 is 0 Å². The third-order valence-corrected chi connectivity index (χ3v) is 4.95. The Morgan fingerprint density at radius 1 is 1.07 bits per heavy atom. The van der Waals surface area contributed by atoms with Crippen molar-refractivity contribution in [2.75, 3.05) is 18.0 Å². The van der Waals surface area contributed by atoms with Crippen molar-refractivity contribution >= 4 is 28.4 Å². The van der Waals surface area contributed by atoms with Crippen LogP contribution in [0.15, 0.2) is 65.7 Å². The first-order valence-electron chi connectivity index (χ1n) is 9.21. The number of para-hydroxylation sites is 2. The number of nitrogens with one attached hydrogen (secondary N) is 1. The van der Waals surface area contributed by atoms with Crippen LogP contribution in [-0.2, 0) is 16.1 Å². The molecule has 142 valence electrons. The van der Waals surface area contributed by atoms with Crippen LogP contribution in [0.2, 0.25) is 0 Å². The van der Waals surface area contributed by atoms with Gasteiger partial charge in [0.15, 0.2) is 0 Å². The van der Waals surface area contributed by atoms with E-state index in [1.165, 1.54) is 10.9 Å². The lowest BCUT2D eigenvalue weighted by molar-refractivity contribution is -0.126. The van der Waals surface area contributed by atoms with Crippen LogP contribution in [-0.4, -0.2) is 34.5 Å². The summed E-state index contributed by atoms with van der Waals surface area (Å²) in [7, 11) is 0. The molecule has 1 aliphatic rings. The minimum absolute atomic E-state index is 0.0544. The smallest absolute Gasteiger partial charge is 0.261 e. The third-order valence-electron chi connectivity index (χ3n) is 4.95. The fourth-order valence-electron chi connectivity index (χ4n) is 3.45. The summed E-state index contributed by atoms with van der Waals surface area (Å²) in [4.78, 5) is 43.1. The molecule has 1 aliphatic heterocycles. The average molecular weight is 376 g/mol. The van der Waals surface area contributed by atoms with Gasteiger partial charge < -0.3 is 10.2 Å². The van der Waals surface area contributed by atoms with Crippen molar-refractivity contribution in [3.05, 3.63) is 71.3 Å². The van der Waals surface area contributed by atoms with Crippen molar-refractivity contribution in [3.63, 3.8) is 0 Å². The summed E-state index contributed by atoms with van der Waals surface area (Å²) in [6.45, 7) is 0.992. The standard InChI is InChI=1S/C21H20N4O3/c26-19-12-15(13-25(19)16-6-2-1-3-7-16)20(27)22-10-11-24-14-23-18-9-5-4-8-17(18)21(24)28/h1-9,14-15H,10-13H2,(H,22,27). The van der Waals surface area contributed by atoms with Gasteiger partial charge >= 0.3 is 0 Å². The van der Waals surface area contributed by atoms with Gasteiger partial charge in [-0.2, -0.15) is 0 Å². The van der Waals surface area contributed by atoms with Crippen molar-refractivity contribution in [1.29, 1.82) is 0 Å². The van der Waals surface area contributed by atoms with Crippen molar-refractivity contribution in [2.24, 2.45) is 5.92 Å². The van der Waals surface area contributed by atoms with Gasteiger partial charge in [0.1, 0.15) is 0 Å². The number of aromatic nitrogens is 2. The Hall–Kier alpha value is -3.48. The highest BCUT2D eigenvalue weighted by Crippen LogP contribution is 2.24. The van der Waals surface area contributed by atoms with Gasteiger partial charge in [0.25, 0.3) is 5.56 Å². The monoisotopic (exact) mass is 376 g/mol. The second kappa shape index (κ2) is 7.64. The highest BCUT2D eigenvalue weighted by molar-refractivity contribution is 6.00. The fraction of sp³-hybridized carbons (Fsp3) is 0.238. The van der Waals surface area contributed by atoms with Crippen LogP contribution in [0.25, 0.3) is 10.9 Å². The summed E-state index contributed by atoms with van der Waals surface area (Å²) in [6.07, 6.45) is 1.69. The minimum Gasteiger partial charge on any atom is -0.354 e. The lowest BCUT2D eigenvalue weighted by atomic mass is 10.1. The molecule has 28 heavy (non-hydrogen) atoms. The van der Waals surface area contributed by atoms with Gasteiger partial charge in [-0.15, -0.1) is 0 Å². The summed E-state index contributed by atoms with van der Waals surface area (Å²) >= 11 is 0. The predicted octanol–water partition coefficient (Wildman–Crippen LogP) is 1.57. The van der Waals surface area contributed by atoms with E-state index in [0.29, 0.717) is 30.5 Å². The molecule has 2 amide bonds. The van der Waals surface area contributed by atoms with Gasteiger partial charge in [0, 0.05) is 31.7 Å². The van der Waals surface area contributed by atoms with Gasteiger partial charge in [-0.3, -0.25) is 19.0 Å². The molecule has 0 bridgehead atoms. The topological polar surface area (TPSA) is 84.3 Å². The molecule has 0 saturated carbocycles. The molecule has 3 aromatic rings.